The zero-order valence-electron chi connectivity index (χ0n) is 14.1. The van der Waals surface area contributed by atoms with Gasteiger partial charge in [-0.3, -0.25) is 4.90 Å². The molecule has 25 heavy (non-hydrogen) atoms. The van der Waals surface area contributed by atoms with Crippen LogP contribution in [-0.4, -0.2) is 44.2 Å². The first kappa shape index (κ1) is 17.6. The summed E-state index contributed by atoms with van der Waals surface area (Å²) in [6.45, 7) is 5.84. The Hall–Kier alpha value is -2.17. The number of fused-ring (bicyclic) bond motifs is 1. The predicted molar refractivity (Wildman–Crippen MR) is 104 cm³/mol. The highest BCUT2D eigenvalue weighted by atomic mass is 35.5. The van der Waals surface area contributed by atoms with Crippen LogP contribution in [0.1, 0.15) is 0 Å². The molecule has 1 aliphatic rings. The fourth-order valence-corrected chi connectivity index (χ4v) is 3.25. The lowest BCUT2D eigenvalue weighted by Gasteiger charge is -2.35. The van der Waals surface area contributed by atoms with Gasteiger partial charge in [0.25, 0.3) is 0 Å². The smallest absolute Gasteiger partial charge is 0.157 e. The third kappa shape index (κ3) is 4.09. The average Bonchev–Trinajstić information content (AvgIpc) is 3.12. The molecule has 3 aromatic rings. The van der Waals surface area contributed by atoms with Crippen molar-refractivity contribution in [3.05, 3.63) is 60.9 Å². The predicted octanol–water partition coefficient (Wildman–Crippen LogP) is 4.06. The van der Waals surface area contributed by atoms with Gasteiger partial charge in [-0.05, 0) is 24.3 Å². The Labute approximate surface area is 154 Å². The Bertz CT molecular complexity index is 783. The van der Waals surface area contributed by atoms with Gasteiger partial charge in [-0.15, -0.1) is 12.4 Å². The second-order valence-corrected chi connectivity index (χ2v) is 6.11. The molecule has 1 saturated heterocycles. The maximum absolute atomic E-state index is 5.80. The molecule has 5 heteroatoms. The van der Waals surface area contributed by atoms with E-state index in [1.807, 2.05) is 36.4 Å². The normalized spacial score (nSPS) is 15.1. The van der Waals surface area contributed by atoms with E-state index in [1.54, 1.807) is 6.26 Å². The summed E-state index contributed by atoms with van der Waals surface area (Å²) in [7, 11) is 0. The summed E-state index contributed by atoms with van der Waals surface area (Å²) in [6, 6.07) is 18.4. The van der Waals surface area contributed by atoms with Crippen LogP contribution in [0.3, 0.4) is 0 Å². The Morgan fingerprint density at radius 3 is 2.48 bits per heavy atom. The first-order chi connectivity index (χ1) is 11.9. The third-order valence-corrected chi connectivity index (χ3v) is 4.59. The molecule has 0 atom stereocenters. The quantitative estimate of drug-likeness (QED) is 0.688. The van der Waals surface area contributed by atoms with Crippen LogP contribution in [0.4, 0.5) is 5.69 Å². The van der Waals surface area contributed by atoms with Crippen molar-refractivity contribution >= 4 is 29.1 Å². The first-order valence-electron chi connectivity index (χ1n) is 8.51. The van der Waals surface area contributed by atoms with Crippen molar-refractivity contribution in [1.29, 1.82) is 0 Å². The summed E-state index contributed by atoms with van der Waals surface area (Å²) in [5.74, 6) is 0.945. The minimum atomic E-state index is 0. The number of ether oxygens (including phenoxy) is 1. The van der Waals surface area contributed by atoms with E-state index in [1.165, 1.54) is 11.1 Å². The molecule has 0 aliphatic carbocycles. The van der Waals surface area contributed by atoms with Gasteiger partial charge in [-0.2, -0.15) is 0 Å². The van der Waals surface area contributed by atoms with Crippen molar-refractivity contribution in [2.45, 2.75) is 0 Å². The average molecular weight is 359 g/mol. The van der Waals surface area contributed by atoms with Crippen molar-refractivity contribution in [1.82, 2.24) is 4.90 Å². The van der Waals surface area contributed by atoms with Crippen LogP contribution in [-0.2, 0) is 0 Å². The van der Waals surface area contributed by atoms with Gasteiger partial charge in [0.15, 0.2) is 5.58 Å². The molecule has 2 aromatic carbocycles. The number of anilines is 1. The second kappa shape index (κ2) is 8.28. The van der Waals surface area contributed by atoms with Crippen LogP contribution in [0.15, 0.2) is 65.3 Å². The highest BCUT2D eigenvalue weighted by molar-refractivity contribution is 5.89. The van der Waals surface area contributed by atoms with Crippen LogP contribution >= 0.6 is 12.4 Å². The van der Waals surface area contributed by atoms with Crippen LogP contribution in [0, 0.1) is 0 Å². The van der Waals surface area contributed by atoms with E-state index in [2.05, 4.69) is 28.0 Å². The Balaban J connectivity index is 0.00000182. The van der Waals surface area contributed by atoms with Gasteiger partial charge in [0.2, 0.25) is 0 Å². The fourth-order valence-electron chi connectivity index (χ4n) is 3.25. The van der Waals surface area contributed by atoms with E-state index in [0.717, 1.165) is 50.7 Å². The molecule has 0 amide bonds. The number of para-hydroxylation sites is 2. The number of piperazine rings is 1. The van der Waals surface area contributed by atoms with Gasteiger partial charge < -0.3 is 14.1 Å². The number of rotatable bonds is 5. The van der Waals surface area contributed by atoms with Crippen LogP contribution in [0.2, 0.25) is 0 Å². The first-order valence-corrected chi connectivity index (χ1v) is 8.51. The van der Waals surface area contributed by atoms with E-state index in [0.29, 0.717) is 0 Å². The minimum absolute atomic E-state index is 0. The molecule has 0 spiro atoms. The van der Waals surface area contributed by atoms with Crippen LogP contribution < -0.4 is 9.64 Å². The van der Waals surface area contributed by atoms with Gasteiger partial charge in [0.05, 0.1) is 12.0 Å². The zero-order chi connectivity index (χ0) is 16.2. The van der Waals surface area contributed by atoms with Crippen molar-refractivity contribution in [3.63, 3.8) is 0 Å². The Kier molecular flexibility index (Phi) is 5.84. The molecule has 1 aliphatic heterocycles. The summed E-state index contributed by atoms with van der Waals surface area (Å²) in [5, 5.41) is 1.17. The van der Waals surface area contributed by atoms with Crippen molar-refractivity contribution in [2.75, 3.05) is 44.2 Å². The third-order valence-electron chi connectivity index (χ3n) is 4.59. The highest BCUT2D eigenvalue weighted by Crippen LogP contribution is 2.28. The van der Waals surface area contributed by atoms with Gasteiger partial charge in [-0.25, -0.2) is 0 Å². The minimum Gasteiger partial charge on any atom is -0.492 e. The zero-order valence-corrected chi connectivity index (χ0v) is 15.0. The number of benzene rings is 2. The van der Waals surface area contributed by atoms with E-state index < -0.39 is 0 Å². The molecule has 1 aromatic heterocycles. The lowest BCUT2D eigenvalue weighted by Crippen LogP contribution is -2.47. The maximum atomic E-state index is 5.80. The molecular weight excluding hydrogens is 336 g/mol. The maximum Gasteiger partial charge on any atom is 0.157 e. The van der Waals surface area contributed by atoms with Crippen LogP contribution in [0.25, 0.3) is 11.0 Å². The lowest BCUT2D eigenvalue weighted by molar-refractivity contribution is 0.200. The van der Waals surface area contributed by atoms with Gasteiger partial charge in [0.1, 0.15) is 12.4 Å². The molecule has 2 heterocycles. The molecule has 4 nitrogen and oxygen atoms in total. The largest absolute Gasteiger partial charge is 0.492 e. The standard InChI is InChI=1S/C20H22N2O2.ClH/c1-2-6-18(7-3-1)23-16-14-21-10-12-22(13-11-21)19-8-4-5-17-9-15-24-20(17)19;/h1-9,15H,10-14,16H2;1H. The number of hydrogen-bond acceptors (Lipinski definition) is 4. The molecule has 4 rings (SSSR count). The summed E-state index contributed by atoms with van der Waals surface area (Å²) in [6.07, 6.45) is 1.77. The summed E-state index contributed by atoms with van der Waals surface area (Å²) >= 11 is 0. The fraction of sp³-hybridized carbons (Fsp3) is 0.300. The van der Waals surface area contributed by atoms with Crippen LogP contribution in [0.5, 0.6) is 5.75 Å². The topological polar surface area (TPSA) is 28.9 Å². The van der Waals surface area contributed by atoms with Gasteiger partial charge in [-0.1, -0.05) is 30.3 Å². The monoisotopic (exact) mass is 358 g/mol. The SMILES string of the molecule is Cl.c1ccc(OCCN2CCN(c3cccc4ccoc34)CC2)cc1. The molecule has 0 N–H and O–H groups in total. The Morgan fingerprint density at radius 1 is 0.880 bits per heavy atom. The molecule has 132 valence electrons. The molecule has 0 bridgehead atoms. The summed E-state index contributed by atoms with van der Waals surface area (Å²) < 4.78 is 11.5. The van der Waals surface area contributed by atoms with Gasteiger partial charge in [0, 0.05) is 38.1 Å². The van der Waals surface area contributed by atoms with Crippen molar-refractivity contribution in [3.8, 4) is 5.75 Å². The van der Waals surface area contributed by atoms with E-state index in [-0.39, 0.29) is 12.4 Å². The molecular formula is C20H23ClN2O2. The number of halogens is 1. The molecule has 0 unspecified atom stereocenters. The van der Waals surface area contributed by atoms with E-state index in [9.17, 15) is 0 Å². The summed E-state index contributed by atoms with van der Waals surface area (Å²) in [4.78, 5) is 4.88. The lowest BCUT2D eigenvalue weighted by atomic mass is 10.2. The van der Waals surface area contributed by atoms with E-state index in [4.69, 9.17) is 9.15 Å². The second-order valence-electron chi connectivity index (χ2n) is 6.11. The number of furan rings is 1. The summed E-state index contributed by atoms with van der Waals surface area (Å²) in [5.41, 5.74) is 2.20. The molecule has 0 radical (unpaired) electrons. The number of nitrogens with zero attached hydrogens (tertiary/aromatic N) is 2. The van der Waals surface area contributed by atoms with Crippen molar-refractivity contribution in [2.24, 2.45) is 0 Å². The van der Waals surface area contributed by atoms with Crippen molar-refractivity contribution < 1.29 is 9.15 Å². The van der Waals surface area contributed by atoms with E-state index >= 15 is 0 Å². The highest BCUT2D eigenvalue weighted by Gasteiger charge is 2.19. The molecule has 0 saturated carbocycles. The Morgan fingerprint density at radius 2 is 1.68 bits per heavy atom. The molecule has 1 fully saturated rings. The van der Waals surface area contributed by atoms with Gasteiger partial charge >= 0.3 is 0 Å². The number of hydrogen-bond donors (Lipinski definition) is 0.